The predicted octanol–water partition coefficient (Wildman–Crippen LogP) is 11.0. The van der Waals surface area contributed by atoms with Gasteiger partial charge in [0.2, 0.25) is 5.91 Å². The van der Waals surface area contributed by atoms with Crippen LogP contribution in [0.5, 0.6) is 0 Å². The van der Waals surface area contributed by atoms with Crippen LogP contribution < -0.4 is 0 Å². The second kappa shape index (κ2) is 28.7. The molecule has 2 unspecified atom stereocenters. The summed E-state index contributed by atoms with van der Waals surface area (Å²) >= 11 is 0. The Hall–Kier alpha value is -0.830. The van der Waals surface area contributed by atoms with Gasteiger partial charge in [-0.25, -0.2) is 0 Å². The molecule has 0 saturated carbocycles. The topological polar surface area (TPSA) is 23.6 Å². The van der Waals surface area contributed by atoms with Gasteiger partial charge in [-0.05, 0) is 65.6 Å². The Labute approximate surface area is 247 Å². The molecule has 0 aromatic rings. The maximum absolute atomic E-state index is 14.3. The summed E-state index contributed by atoms with van der Waals surface area (Å²) in [6.45, 7) is 12.7. The molecule has 2 atom stereocenters. The van der Waals surface area contributed by atoms with E-state index in [4.69, 9.17) is 0 Å². The van der Waals surface area contributed by atoms with Crippen LogP contribution in [0.25, 0.3) is 0 Å². The Morgan fingerprint density at radius 3 is 1.59 bits per heavy atom. The summed E-state index contributed by atoms with van der Waals surface area (Å²) in [5, 5.41) is 0. The number of hydrogen-bond acceptors (Lipinski definition) is 2. The summed E-state index contributed by atoms with van der Waals surface area (Å²) in [5.74, 6) is 0.736. The van der Waals surface area contributed by atoms with Crippen molar-refractivity contribution < 1.29 is 4.79 Å². The highest BCUT2D eigenvalue weighted by molar-refractivity contribution is 5.79. The van der Waals surface area contributed by atoms with Crippen molar-refractivity contribution in [1.82, 2.24) is 9.80 Å². The van der Waals surface area contributed by atoms with E-state index in [1.807, 2.05) is 6.08 Å². The van der Waals surface area contributed by atoms with Crippen LogP contribution in [-0.4, -0.2) is 48.9 Å². The summed E-state index contributed by atoms with van der Waals surface area (Å²) in [5.41, 5.74) is 0. The van der Waals surface area contributed by atoms with E-state index in [9.17, 15) is 4.79 Å². The first-order valence-electron chi connectivity index (χ1n) is 17.6. The largest absolute Gasteiger partial charge is 0.339 e. The van der Waals surface area contributed by atoms with Gasteiger partial charge in [0.25, 0.3) is 0 Å². The van der Waals surface area contributed by atoms with Crippen molar-refractivity contribution in [2.24, 2.45) is 5.92 Å². The molecule has 0 bridgehead atoms. The number of amides is 1. The molecule has 0 aliphatic heterocycles. The Kier molecular flexibility index (Phi) is 28.1. The minimum atomic E-state index is 0.232. The molecule has 232 valence electrons. The van der Waals surface area contributed by atoms with E-state index in [0.717, 1.165) is 38.8 Å². The lowest BCUT2D eigenvalue weighted by atomic mass is 9.91. The monoisotopic (exact) mass is 549 g/mol. The average molecular weight is 549 g/mol. The summed E-state index contributed by atoms with van der Waals surface area (Å²) < 4.78 is 0. The number of carbonyl (C=O) groups excluding carboxylic acids is 1. The summed E-state index contributed by atoms with van der Waals surface area (Å²) in [4.78, 5) is 19.0. The van der Waals surface area contributed by atoms with Crippen molar-refractivity contribution in [3.05, 3.63) is 12.7 Å². The van der Waals surface area contributed by atoms with Gasteiger partial charge in [0.05, 0.1) is 0 Å². The Balaban J connectivity index is 5.29. The van der Waals surface area contributed by atoms with Crippen LogP contribution in [0.4, 0.5) is 0 Å². The minimum absolute atomic E-state index is 0.232. The third kappa shape index (κ3) is 22.5. The van der Waals surface area contributed by atoms with Crippen molar-refractivity contribution in [2.75, 3.05) is 27.2 Å². The minimum Gasteiger partial charge on any atom is -0.339 e. The van der Waals surface area contributed by atoms with Crippen LogP contribution in [0.15, 0.2) is 12.7 Å². The van der Waals surface area contributed by atoms with E-state index in [-0.39, 0.29) is 5.92 Å². The van der Waals surface area contributed by atoms with E-state index < -0.39 is 0 Å². The number of rotatable bonds is 30. The summed E-state index contributed by atoms with van der Waals surface area (Å²) in [7, 11) is 4.31. The standard InChI is InChI=1S/C36H72N2O/c1-7-11-15-17-19-21-23-26-29-34(28-25-22-20-18-16-12-8-2)36(39)38(33-27-32-37(5)6)35(30-14-10-4)31-24-13-9-3/h7,34-35H,1,8-33H2,2-6H3. The molecule has 3 heteroatoms. The molecule has 0 spiro atoms. The summed E-state index contributed by atoms with van der Waals surface area (Å²) in [6, 6.07) is 0.438. The zero-order valence-corrected chi connectivity index (χ0v) is 27.6. The Bertz CT molecular complexity index is 532. The highest BCUT2D eigenvalue weighted by atomic mass is 16.2. The van der Waals surface area contributed by atoms with Gasteiger partial charge in [-0.15, -0.1) is 6.58 Å². The third-order valence-corrected chi connectivity index (χ3v) is 8.48. The smallest absolute Gasteiger partial charge is 0.225 e. The zero-order chi connectivity index (χ0) is 29.0. The number of allylic oxidation sites excluding steroid dienone is 1. The van der Waals surface area contributed by atoms with Crippen LogP contribution >= 0.6 is 0 Å². The molecule has 0 aliphatic rings. The average Bonchev–Trinajstić information content (AvgIpc) is 2.92. The number of hydrogen-bond donors (Lipinski definition) is 0. The Morgan fingerprint density at radius 1 is 0.590 bits per heavy atom. The lowest BCUT2D eigenvalue weighted by Crippen LogP contribution is -2.45. The molecule has 39 heavy (non-hydrogen) atoms. The van der Waals surface area contributed by atoms with Gasteiger partial charge in [0, 0.05) is 18.5 Å². The van der Waals surface area contributed by atoms with Crippen LogP contribution in [-0.2, 0) is 4.79 Å². The van der Waals surface area contributed by atoms with Crippen LogP contribution in [0, 0.1) is 5.92 Å². The lowest BCUT2D eigenvalue weighted by molar-refractivity contribution is -0.139. The van der Waals surface area contributed by atoms with Crippen molar-refractivity contribution in [3.8, 4) is 0 Å². The molecule has 1 amide bonds. The normalized spacial score (nSPS) is 13.1. The van der Waals surface area contributed by atoms with Gasteiger partial charge < -0.3 is 9.80 Å². The maximum Gasteiger partial charge on any atom is 0.225 e. The van der Waals surface area contributed by atoms with Crippen LogP contribution in [0.2, 0.25) is 0 Å². The molecule has 0 fully saturated rings. The molecule has 0 aromatic heterocycles. The zero-order valence-electron chi connectivity index (χ0n) is 27.6. The van der Waals surface area contributed by atoms with Crippen molar-refractivity contribution >= 4 is 5.91 Å². The lowest BCUT2D eigenvalue weighted by Gasteiger charge is -2.35. The first kappa shape index (κ1) is 38.2. The fourth-order valence-corrected chi connectivity index (χ4v) is 5.92. The fraction of sp³-hybridized carbons (Fsp3) is 0.917. The Morgan fingerprint density at radius 2 is 1.05 bits per heavy atom. The number of unbranched alkanes of at least 4 members (excludes halogenated alkanes) is 15. The quantitative estimate of drug-likeness (QED) is 0.0658. The van der Waals surface area contributed by atoms with Crippen LogP contribution in [0.1, 0.15) is 175 Å². The summed E-state index contributed by atoms with van der Waals surface area (Å²) in [6.07, 6.45) is 32.2. The van der Waals surface area contributed by atoms with Crippen molar-refractivity contribution in [3.63, 3.8) is 0 Å². The van der Waals surface area contributed by atoms with E-state index in [1.165, 1.54) is 128 Å². The molecule has 0 saturated heterocycles. The second-order valence-corrected chi connectivity index (χ2v) is 12.6. The molecule has 0 heterocycles. The highest BCUT2D eigenvalue weighted by Crippen LogP contribution is 2.26. The second-order valence-electron chi connectivity index (χ2n) is 12.6. The van der Waals surface area contributed by atoms with Gasteiger partial charge >= 0.3 is 0 Å². The van der Waals surface area contributed by atoms with Gasteiger partial charge in [-0.2, -0.15) is 0 Å². The van der Waals surface area contributed by atoms with Gasteiger partial charge in [0.1, 0.15) is 0 Å². The molecular weight excluding hydrogens is 476 g/mol. The van der Waals surface area contributed by atoms with E-state index in [1.54, 1.807) is 0 Å². The van der Waals surface area contributed by atoms with Crippen LogP contribution in [0.3, 0.4) is 0 Å². The van der Waals surface area contributed by atoms with E-state index >= 15 is 0 Å². The third-order valence-electron chi connectivity index (χ3n) is 8.48. The number of nitrogens with zero attached hydrogens (tertiary/aromatic N) is 2. The fourth-order valence-electron chi connectivity index (χ4n) is 5.92. The predicted molar refractivity (Wildman–Crippen MR) is 176 cm³/mol. The SMILES string of the molecule is C=CCCCCCCCCC(CCCCCCCCC)C(=O)N(CCCN(C)C)C(CCCC)CCCCC. The molecular formula is C36H72N2O. The maximum atomic E-state index is 14.3. The molecule has 0 rings (SSSR count). The van der Waals surface area contributed by atoms with Crippen molar-refractivity contribution in [1.29, 1.82) is 0 Å². The molecule has 0 N–H and O–H groups in total. The first-order valence-corrected chi connectivity index (χ1v) is 17.6. The van der Waals surface area contributed by atoms with Crippen molar-refractivity contribution in [2.45, 2.75) is 181 Å². The molecule has 0 aromatic carbocycles. The molecule has 3 nitrogen and oxygen atoms in total. The van der Waals surface area contributed by atoms with E-state index in [0.29, 0.717) is 11.9 Å². The molecule has 0 aliphatic carbocycles. The van der Waals surface area contributed by atoms with E-state index in [2.05, 4.69) is 51.2 Å². The first-order chi connectivity index (χ1) is 19.0. The van der Waals surface area contributed by atoms with Gasteiger partial charge in [0.15, 0.2) is 0 Å². The van der Waals surface area contributed by atoms with Gasteiger partial charge in [-0.1, -0.05) is 136 Å². The highest BCUT2D eigenvalue weighted by Gasteiger charge is 2.28. The van der Waals surface area contributed by atoms with Gasteiger partial charge in [-0.3, -0.25) is 4.79 Å². The number of carbonyl (C=O) groups is 1. The molecule has 0 radical (unpaired) electrons.